The zero-order valence-corrected chi connectivity index (χ0v) is 10.6. The van der Waals surface area contributed by atoms with E-state index in [4.69, 9.17) is 22.1 Å². The Morgan fingerprint density at radius 1 is 1.39 bits per heavy atom. The van der Waals surface area contributed by atoms with Gasteiger partial charge in [-0.2, -0.15) is 0 Å². The van der Waals surface area contributed by atoms with E-state index in [2.05, 4.69) is 5.32 Å². The van der Waals surface area contributed by atoms with Gasteiger partial charge in [-0.15, -0.1) is 11.6 Å². The number of carbonyl (C=O) groups excluding carboxylic acids is 2. The first-order valence-electron chi connectivity index (χ1n) is 5.42. The minimum atomic E-state index is -0.531. The van der Waals surface area contributed by atoms with Crippen LogP contribution in [0.25, 0.3) is 0 Å². The molecule has 5 nitrogen and oxygen atoms in total. The Hall–Kier alpha value is -1.59. The van der Waals surface area contributed by atoms with Crippen molar-refractivity contribution in [3.05, 3.63) is 35.4 Å². The number of alkyl halides is 1. The number of rotatable bonds is 7. The molecule has 1 aromatic rings. The van der Waals surface area contributed by atoms with Gasteiger partial charge in [0.15, 0.2) is 0 Å². The predicted molar refractivity (Wildman–Crippen MR) is 68.3 cm³/mol. The molecule has 18 heavy (non-hydrogen) atoms. The van der Waals surface area contributed by atoms with Gasteiger partial charge >= 0.3 is 0 Å². The Morgan fingerprint density at radius 2 is 2.17 bits per heavy atom. The molecule has 1 rings (SSSR count). The summed E-state index contributed by atoms with van der Waals surface area (Å²) in [5.74, 6) is -0.371. The lowest BCUT2D eigenvalue weighted by molar-refractivity contribution is -0.122. The molecule has 0 unspecified atom stereocenters. The topological polar surface area (TPSA) is 81.4 Å². The molecular formula is C12H15ClN2O3. The van der Waals surface area contributed by atoms with E-state index in [1.54, 1.807) is 18.2 Å². The fraction of sp³-hybridized carbons (Fsp3) is 0.333. The van der Waals surface area contributed by atoms with Crippen LogP contribution >= 0.6 is 11.6 Å². The summed E-state index contributed by atoms with van der Waals surface area (Å²) in [6.07, 6.45) is 0. The van der Waals surface area contributed by atoms with Crippen molar-refractivity contribution < 1.29 is 14.3 Å². The summed E-state index contributed by atoms with van der Waals surface area (Å²) in [5, 5.41) is 2.66. The van der Waals surface area contributed by atoms with Gasteiger partial charge in [-0.25, -0.2) is 0 Å². The first-order chi connectivity index (χ1) is 8.63. The molecule has 0 aliphatic carbocycles. The summed E-state index contributed by atoms with van der Waals surface area (Å²) in [5.41, 5.74) is 6.32. The summed E-state index contributed by atoms with van der Waals surface area (Å²) >= 11 is 5.68. The van der Waals surface area contributed by atoms with Gasteiger partial charge in [0.1, 0.15) is 6.61 Å². The van der Waals surface area contributed by atoms with Gasteiger partial charge in [0, 0.05) is 18.0 Å². The normalized spacial score (nSPS) is 10.1. The molecular weight excluding hydrogens is 256 g/mol. The second kappa shape index (κ2) is 7.68. The first-order valence-corrected chi connectivity index (χ1v) is 5.96. The molecule has 0 aromatic heterocycles. The van der Waals surface area contributed by atoms with E-state index in [0.717, 1.165) is 5.56 Å². The number of carbonyl (C=O) groups is 2. The summed E-state index contributed by atoms with van der Waals surface area (Å²) in [6, 6.07) is 7.05. The number of nitrogens with one attached hydrogen (secondary N) is 1. The van der Waals surface area contributed by atoms with Gasteiger partial charge in [0.05, 0.1) is 6.61 Å². The van der Waals surface area contributed by atoms with Gasteiger partial charge in [-0.1, -0.05) is 12.1 Å². The molecule has 0 heterocycles. The monoisotopic (exact) mass is 270 g/mol. The second-order valence-electron chi connectivity index (χ2n) is 3.61. The summed E-state index contributed by atoms with van der Waals surface area (Å²) < 4.78 is 4.92. The SMILES string of the molecule is NC(=O)COCCNC(=O)c1cccc(CCl)c1. The van der Waals surface area contributed by atoms with Crippen LogP contribution in [0.5, 0.6) is 0 Å². The quantitative estimate of drug-likeness (QED) is 0.564. The van der Waals surface area contributed by atoms with Gasteiger partial charge in [0.2, 0.25) is 5.91 Å². The highest BCUT2D eigenvalue weighted by atomic mass is 35.5. The number of nitrogens with two attached hydrogens (primary N) is 1. The van der Waals surface area contributed by atoms with Crippen molar-refractivity contribution in [1.29, 1.82) is 0 Å². The molecule has 0 bridgehead atoms. The molecule has 0 radical (unpaired) electrons. The Balaban J connectivity index is 2.33. The van der Waals surface area contributed by atoms with Crippen molar-refractivity contribution >= 4 is 23.4 Å². The molecule has 6 heteroatoms. The Kier molecular flexibility index (Phi) is 6.18. The highest BCUT2D eigenvalue weighted by Crippen LogP contribution is 2.07. The van der Waals surface area contributed by atoms with Gasteiger partial charge in [0.25, 0.3) is 5.91 Å². The van der Waals surface area contributed by atoms with E-state index >= 15 is 0 Å². The molecule has 0 atom stereocenters. The minimum absolute atomic E-state index is 0.141. The van der Waals surface area contributed by atoms with E-state index in [1.807, 2.05) is 6.07 Å². The third-order valence-electron chi connectivity index (χ3n) is 2.12. The van der Waals surface area contributed by atoms with Gasteiger partial charge in [-0.05, 0) is 17.7 Å². The van der Waals surface area contributed by atoms with Crippen molar-refractivity contribution in [2.24, 2.45) is 5.73 Å². The van der Waals surface area contributed by atoms with Gasteiger partial charge < -0.3 is 15.8 Å². The third-order valence-corrected chi connectivity index (χ3v) is 2.43. The largest absolute Gasteiger partial charge is 0.370 e. The van der Waals surface area contributed by atoms with Crippen LogP contribution in [0.15, 0.2) is 24.3 Å². The summed E-state index contributed by atoms with van der Waals surface area (Å²) in [6.45, 7) is 0.415. The van der Waals surface area contributed by atoms with Crippen LogP contribution in [0.3, 0.4) is 0 Å². The fourth-order valence-electron chi connectivity index (χ4n) is 1.31. The Bertz CT molecular complexity index is 424. The number of ether oxygens (including phenoxy) is 1. The van der Waals surface area contributed by atoms with E-state index in [9.17, 15) is 9.59 Å². The number of hydrogen-bond acceptors (Lipinski definition) is 3. The van der Waals surface area contributed by atoms with E-state index in [-0.39, 0.29) is 19.1 Å². The maximum Gasteiger partial charge on any atom is 0.251 e. The predicted octanol–water partition coefficient (Wildman–Crippen LogP) is 0.657. The maximum absolute atomic E-state index is 11.7. The van der Waals surface area contributed by atoms with Crippen molar-refractivity contribution in [2.45, 2.75) is 5.88 Å². The maximum atomic E-state index is 11.7. The second-order valence-corrected chi connectivity index (χ2v) is 3.88. The number of primary amides is 1. The van der Waals surface area contributed by atoms with Crippen LogP contribution in [0.1, 0.15) is 15.9 Å². The third kappa shape index (κ3) is 5.16. The smallest absolute Gasteiger partial charge is 0.251 e. The van der Waals surface area contributed by atoms with Crippen molar-refractivity contribution in [3.8, 4) is 0 Å². The zero-order valence-electron chi connectivity index (χ0n) is 9.82. The van der Waals surface area contributed by atoms with E-state index in [0.29, 0.717) is 18.0 Å². The molecule has 3 N–H and O–H groups in total. The van der Waals surface area contributed by atoms with Crippen LogP contribution in [-0.2, 0) is 15.4 Å². The number of amides is 2. The lowest BCUT2D eigenvalue weighted by Crippen LogP contribution is -2.28. The fourth-order valence-corrected chi connectivity index (χ4v) is 1.47. The van der Waals surface area contributed by atoms with E-state index < -0.39 is 5.91 Å². The highest BCUT2D eigenvalue weighted by Gasteiger charge is 2.05. The van der Waals surface area contributed by atoms with Crippen molar-refractivity contribution in [3.63, 3.8) is 0 Å². The van der Waals surface area contributed by atoms with Crippen LogP contribution in [-0.4, -0.2) is 31.6 Å². The van der Waals surface area contributed by atoms with Crippen LogP contribution in [0, 0.1) is 0 Å². The minimum Gasteiger partial charge on any atom is -0.370 e. The average Bonchev–Trinajstić information content (AvgIpc) is 2.37. The van der Waals surface area contributed by atoms with Crippen LogP contribution < -0.4 is 11.1 Å². The van der Waals surface area contributed by atoms with E-state index in [1.165, 1.54) is 0 Å². The molecule has 0 saturated heterocycles. The first kappa shape index (κ1) is 14.5. The molecule has 0 aliphatic heterocycles. The molecule has 0 saturated carbocycles. The summed E-state index contributed by atoms with van der Waals surface area (Å²) in [7, 11) is 0. The Labute approximate surface area is 110 Å². The lowest BCUT2D eigenvalue weighted by atomic mass is 10.1. The van der Waals surface area contributed by atoms with Crippen LogP contribution in [0.4, 0.5) is 0 Å². The van der Waals surface area contributed by atoms with Crippen molar-refractivity contribution in [2.75, 3.05) is 19.8 Å². The molecule has 98 valence electrons. The molecule has 0 fully saturated rings. The van der Waals surface area contributed by atoms with Crippen LogP contribution in [0.2, 0.25) is 0 Å². The molecule has 2 amide bonds. The van der Waals surface area contributed by atoms with Crippen molar-refractivity contribution in [1.82, 2.24) is 5.32 Å². The number of benzene rings is 1. The standard InChI is InChI=1S/C12H15ClN2O3/c13-7-9-2-1-3-10(6-9)12(17)15-4-5-18-8-11(14)16/h1-3,6H,4-5,7-8H2,(H2,14,16)(H,15,17). The average molecular weight is 271 g/mol. The van der Waals surface area contributed by atoms with Gasteiger partial charge in [-0.3, -0.25) is 9.59 Å². The lowest BCUT2D eigenvalue weighted by Gasteiger charge is -2.06. The zero-order chi connectivity index (χ0) is 13.4. The molecule has 0 spiro atoms. The molecule has 0 aliphatic rings. The number of halogens is 1. The summed E-state index contributed by atoms with van der Waals surface area (Å²) in [4.78, 5) is 22.1. The highest BCUT2D eigenvalue weighted by molar-refractivity contribution is 6.17. The molecule has 1 aromatic carbocycles. The number of hydrogen-bond donors (Lipinski definition) is 2. The Morgan fingerprint density at radius 3 is 2.83 bits per heavy atom.